The summed E-state index contributed by atoms with van der Waals surface area (Å²) in [7, 11) is 0. The van der Waals surface area contributed by atoms with Gasteiger partial charge in [-0.05, 0) is 36.6 Å². The van der Waals surface area contributed by atoms with Crippen LogP contribution in [0, 0.1) is 18.3 Å². The summed E-state index contributed by atoms with van der Waals surface area (Å²) in [5.41, 5.74) is 3.51. The second kappa shape index (κ2) is 7.72. The van der Waals surface area contributed by atoms with E-state index in [-0.39, 0.29) is 0 Å². The monoisotopic (exact) mass is 308 g/mol. The molecule has 0 bridgehead atoms. The number of para-hydroxylation sites is 1. The van der Waals surface area contributed by atoms with Gasteiger partial charge in [-0.15, -0.1) is 0 Å². The van der Waals surface area contributed by atoms with Crippen molar-refractivity contribution < 1.29 is 0 Å². The highest BCUT2D eigenvalue weighted by atomic mass is 32.2. The number of benzene rings is 2. The lowest BCUT2D eigenvalue weighted by Crippen LogP contribution is -1.93. The molecule has 2 aromatic rings. The Bertz CT molecular complexity index is 697. The van der Waals surface area contributed by atoms with Crippen molar-refractivity contribution in [2.45, 2.75) is 31.6 Å². The number of aryl methyl sites for hydroxylation is 1. The van der Waals surface area contributed by atoms with Crippen LogP contribution < -0.4 is 5.32 Å². The Morgan fingerprint density at radius 1 is 1.18 bits per heavy atom. The SMILES string of the molecule is Cc1ccc(S/C(C#N)=C/Nc2ccccc2)c(C(C)C)c1. The maximum atomic E-state index is 9.37. The minimum absolute atomic E-state index is 0.435. The highest BCUT2D eigenvalue weighted by molar-refractivity contribution is 8.03. The van der Waals surface area contributed by atoms with E-state index in [2.05, 4.69) is 50.4 Å². The molecule has 0 aliphatic carbocycles. The quantitative estimate of drug-likeness (QED) is 0.569. The van der Waals surface area contributed by atoms with Crippen molar-refractivity contribution in [3.8, 4) is 6.07 Å². The molecule has 0 aliphatic heterocycles. The molecule has 22 heavy (non-hydrogen) atoms. The molecule has 2 aromatic carbocycles. The molecule has 2 nitrogen and oxygen atoms in total. The summed E-state index contributed by atoms with van der Waals surface area (Å²) in [5, 5.41) is 12.5. The van der Waals surface area contributed by atoms with Gasteiger partial charge >= 0.3 is 0 Å². The third-order valence-electron chi connectivity index (χ3n) is 3.26. The van der Waals surface area contributed by atoms with Crippen LogP contribution in [0.15, 0.2) is 64.5 Å². The number of hydrogen-bond acceptors (Lipinski definition) is 3. The molecule has 0 spiro atoms. The van der Waals surface area contributed by atoms with Gasteiger partial charge in [0.2, 0.25) is 0 Å². The van der Waals surface area contributed by atoms with Gasteiger partial charge in [0.15, 0.2) is 0 Å². The molecule has 3 heteroatoms. The summed E-state index contributed by atoms with van der Waals surface area (Å²) >= 11 is 1.51. The van der Waals surface area contributed by atoms with E-state index in [1.54, 1.807) is 6.20 Å². The maximum Gasteiger partial charge on any atom is 0.108 e. The predicted molar refractivity (Wildman–Crippen MR) is 94.9 cm³/mol. The number of anilines is 1. The van der Waals surface area contributed by atoms with Gasteiger partial charge in [0.25, 0.3) is 0 Å². The van der Waals surface area contributed by atoms with E-state index < -0.39 is 0 Å². The third kappa shape index (κ3) is 4.41. The molecular formula is C19H20N2S. The molecule has 0 atom stereocenters. The molecular weight excluding hydrogens is 288 g/mol. The first-order chi connectivity index (χ1) is 10.6. The van der Waals surface area contributed by atoms with Crippen LogP contribution in [0.3, 0.4) is 0 Å². The van der Waals surface area contributed by atoms with Gasteiger partial charge in [0.1, 0.15) is 11.0 Å². The van der Waals surface area contributed by atoms with E-state index in [0.29, 0.717) is 10.8 Å². The van der Waals surface area contributed by atoms with Crippen LogP contribution in [0.2, 0.25) is 0 Å². The van der Waals surface area contributed by atoms with Gasteiger partial charge in [0.05, 0.1) is 0 Å². The summed E-state index contributed by atoms with van der Waals surface area (Å²) in [6, 6.07) is 18.5. The van der Waals surface area contributed by atoms with E-state index in [1.807, 2.05) is 30.3 Å². The molecule has 0 radical (unpaired) electrons. The Morgan fingerprint density at radius 3 is 2.55 bits per heavy atom. The number of allylic oxidation sites excluding steroid dienone is 1. The lowest BCUT2D eigenvalue weighted by atomic mass is 10.0. The standard InChI is InChI=1S/C19H20N2S/c1-14(2)18-11-15(3)9-10-19(18)22-17(12-20)13-21-16-7-5-4-6-8-16/h4-11,13-14,21H,1-3H3/b17-13+. The maximum absolute atomic E-state index is 9.37. The number of rotatable bonds is 5. The summed E-state index contributed by atoms with van der Waals surface area (Å²) < 4.78 is 0. The van der Waals surface area contributed by atoms with Crippen molar-refractivity contribution in [3.05, 3.63) is 70.8 Å². The minimum atomic E-state index is 0.435. The lowest BCUT2D eigenvalue weighted by molar-refractivity contribution is 0.840. The zero-order valence-electron chi connectivity index (χ0n) is 13.1. The van der Waals surface area contributed by atoms with E-state index in [4.69, 9.17) is 0 Å². The Morgan fingerprint density at radius 2 is 1.91 bits per heavy atom. The normalized spacial score (nSPS) is 11.3. The molecule has 0 aromatic heterocycles. The molecule has 0 fully saturated rings. The van der Waals surface area contributed by atoms with Crippen LogP contribution in [-0.2, 0) is 0 Å². The molecule has 2 rings (SSSR count). The summed E-state index contributed by atoms with van der Waals surface area (Å²) in [6.07, 6.45) is 1.77. The first kappa shape index (κ1) is 16.2. The summed E-state index contributed by atoms with van der Waals surface area (Å²) in [5.74, 6) is 0.435. The summed E-state index contributed by atoms with van der Waals surface area (Å²) in [6.45, 7) is 6.45. The van der Waals surface area contributed by atoms with Gasteiger partial charge in [-0.25, -0.2) is 0 Å². The Hall–Kier alpha value is -2.18. The van der Waals surface area contributed by atoms with Crippen LogP contribution in [0.4, 0.5) is 5.69 Å². The average Bonchev–Trinajstić information content (AvgIpc) is 2.53. The van der Waals surface area contributed by atoms with Crippen molar-refractivity contribution in [2.75, 3.05) is 5.32 Å². The van der Waals surface area contributed by atoms with Gasteiger partial charge in [-0.2, -0.15) is 5.26 Å². The molecule has 0 amide bonds. The number of hydrogen-bond donors (Lipinski definition) is 1. The van der Waals surface area contributed by atoms with Gasteiger partial charge < -0.3 is 5.32 Å². The second-order valence-electron chi connectivity index (χ2n) is 5.43. The van der Waals surface area contributed by atoms with Crippen LogP contribution in [0.25, 0.3) is 0 Å². The number of nitrogens with one attached hydrogen (secondary N) is 1. The van der Waals surface area contributed by atoms with Crippen molar-refractivity contribution in [3.63, 3.8) is 0 Å². The van der Waals surface area contributed by atoms with Gasteiger partial charge in [-0.1, -0.05) is 61.5 Å². The molecule has 1 N–H and O–H groups in total. The second-order valence-corrected chi connectivity index (χ2v) is 6.51. The fourth-order valence-corrected chi connectivity index (χ4v) is 3.05. The summed E-state index contributed by atoms with van der Waals surface area (Å²) in [4.78, 5) is 1.79. The third-order valence-corrected chi connectivity index (χ3v) is 4.28. The smallest absolute Gasteiger partial charge is 0.108 e. The number of thioether (sulfide) groups is 1. The molecule has 0 saturated carbocycles. The van der Waals surface area contributed by atoms with Crippen molar-refractivity contribution in [1.82, 2.24) is 0 Å². The van der Waals surface area contributed by atoms with Crippen LogP contribution in [0.1, 0.15) is 30.9 Å². The zero-order valence-corrected chi connectivity index (χ0v) is 13.9. The van der Waals surface area contributed by atoms with E-state index >= 15 is 0 Å². The zero-order chi connectivity index (χ0) is 15.9. The van der Waals surface area contributed by atoms with E-state index in [9.17, 15) is 5.26 Å². The van der Waals surface area contributed by atoms with E-state index in [0.717, 1.165) is 10.6 Å². The van der Waals surface area contributed by atoms with Crippen molar-refractivity contribution in [2.24, 2.45) is 0 Å². The molecule has 0 heterocycles. The fraction of sp³-hybridized carbons (Fsp3) is 0.211. The first-order valence-electron chi connectivity index (χ1n) is 7.30. The van der Waals surface area contributed by atoms with Crippen molar-refractivity contribution in [1.29, 1.82) is 5.26 Å². The van der Waals surface area contributed by atoms with Gasteiger partial charge in [-0.3, -0.25) is 0 Å². The fourth-order valence-electron chi connectivity index (χ4n) is 2.10. The average molecular weight is 308 g/mol. The van der Waals surface area contributed by atoms with Crippen LogP contribution >= 0.6 is 11.8 Å². The Labute approximate surface area is 136 Å². The van der Waals surface area contributed by atoms with Crippen LogP contribution in [-0.4, -0.2) is 0 Å². The topological polar surface area (TPSA) is 35.8 Å². The first-order valence-corrected chi connectivity index (χ1v) is 8.12. The minimum Gasteiger partial charge on any atom is -0.360 e. The predicted octanol–water partition coefficient (Wildman–Crippen LogP) is 5.69. The number of nitrogens with zero attached hydrogens (tertiary/aromatic N) is 1. The largest absolute Gasteiger partial charge is 0.360 e. The molecule has 0 saturated heterocycles. The van der Waals surface area contributed by atoms with Crippen molar-refractivity contribution >= 4 is 17.4 Å². The molecule has 0 unspecified atom stereocenters. The number of nitriles is 1. The highest BCUT2D eigenvalue weighted by Gasteiger charge is 2.09. The van der Waals surface area contributed by atoms with Crippen LogP contribution in [0.5, 0.6) is 0 Å². The Kier molecular flexibility index (Phi) is 5.68. The van der Waals surface area contributed by atoms with E-state index in [1.165, 1.54) is 22.9 Å². The van der Waals surface area contributed by atoms with Gasteiger partial charge in [0, 0.05) is 16.8 Å². The molecule has 112 valence electrons. The Balaban J connectivity index is 2.19. The highest BCUT2D eigenvalue weighted by Crippen LogP contribution is 2.33. The molecule has 0 aliphatic rings. The lowest BCUT2D eigenvalue weighted by Gasteiger charge is -2.13.